The van der Waals surface area contributed by atoms with Crippen LogP contribution in [0.4, 0.5) is 0 Å². The van der Waals surface area contributed by atoms with E-state index in [-0.39, 0.29) is 34.4 Å². The minimum Gasteiger partial charge on any atom is -0.507 e. The monoisotopic (exact) mass is 666 g/mol. The van der Waals surface area contributed by atoms with Gasteiger partial charge in [0.05, 0.1) is 11.1 Å². The van der Waals surface area contributed by atoms with Gasteiger partial charge in [0.15, 0.2) is 0 Å². The second kappa shape index (κ2) is 24.1. The number of phenolic OH excluding ortho intramolecular Hbond substituents is 2. The zero-order valence-electron chi connectivity index (χ0n) is 29.1. The summed E-state index contributed by atoms with van der Waals surface area (Å²) in [5.41, 5.74) is 12.0. The Kier molecular flexibility index (Phi) is 20.1. The Labute approximate surface area is 286 Å². The first-order valence-corrected chi connectivity index (χ1v) is 18.1. The van der Waals surface area contributed by atoms with Gasteiger partial charge >= 0.3 is 0 Å². The Bertz CT molecular complexity index is 1180. The molecule has 2 rings (SSSR count). The molecule has 0 aromatic heterocycles. The molecule has 0 radical (unpaired) electrons. The number of hydrogen-bond donors (Lipinski definition) is 6. The van der Waals surface area contributed by atoms with Crippen LogP contribution >= 0.6 is 0 Å². The summed E-state index contributed by atoms with van der Waals surface area (Å²) in [6, 6.07) is 10.1. The molecule has 4 amide bonds. The summed E-state index contributed by atoms with van der Waals surface area (Å²) in [7, 11) is 0. The first kappa shape index (κ1) is 40.1. The number of carbonyl (C=O) groups excluding carboxylic acids is 4. The molecule has 6 N–H and O–H groups in total. The van der Waals surface area contributed by atoms with Gasteiger partial charge in [-0.1, -0.05) is 103 Å². The number of phenols is 2. The maximum atomic E-state index is 12.5. The predicted molar refractivity (Wildman–Crippen MR) is 189 cm³/mol. The zero-order valence-corrected chi connectivity index (χ0v) is 29.1. The fraction of sp³-hybridized carbons (Fsp3) is 0.579. The van der Waals surface area contributed by atoms with Gasteiger partial charge in [0.2, 0.25) is 11.8 Å². The fourth-order valence-corrected chi connectivity index (χ4v) is 5.50. The molecule has 0 heterocycles. The molecule has 10 heteroatoms. The number of benzene rings is 2. The van der Waals surface area contributed by atoms with Gasteiger partial charge in [-0.2, -0.15) is 0 Å². The van der Waals surface area contributed by atoms with E-state index in [1.807, 2.05) is 12.1 Å². The Balaban J connectivity index is 1.50. The molecule has 10 nitrogen and oxygen atoms in total. The number of aryl methyl sites for hydroxylation is 2. The smallest absolute Gasteiger partial charge is 0.273 e. The van der Waals surface area contributed by atoms with Crippen LogP contribution in [0.2, 0.25) is 0 Å². The van der Waals surface area contributed by atoms with E-state index in [2.05, 4.69) is 35.6 Å². The molecule has 0 unspecified atom stereocenters. The molecule has 0 fully saturated rings. The third kappa shape index (κ3) is 16.7. The molecule has 0 aliphatic heterocycles. The van der Waals surface area contributed by atoms with Gasteiger partial charge < -0.3 is 10.2 Å². The van der Waals surface area contributed by atoms with E-state index in [1.165, 1.54) is 25.0 Å². The van der Waals surface area contributed by atoms with Crippen LogP contribution in [0, 0.1) is 0 Å². The first-order chi connectivity index (χ1) is 23.2. The molecule has 0 aliphatic carbocycles. The number of carbonyl (C=O) groups is 4. The highest BCUT2D eigenvalue weighted by Gasteiger charge is 2.14. The van der Waals surface area contributed by atoms with Gasteiger partial charge in [0.1, 0.15) is 11.5 Å². The van der Waals surface area contributed by atoms with Gasteiger partial charge in [-0.15, -0.1) is 0 Å². The quantitative estimate of drug-likeness (QED) is 0.0534. The van der Waals surface area contributed by atoms with Crippen LogP contribution in [0.25, 0.3) is 0 Å². The maximum Gasteiger partial charge on any atom is 0.273 e. The Morgan fingerprint density at radius 1 is 0.479 bits per heavy atom. The van der Waals surface area contributed by atoms with Gasteiger partial charge in [0.25, 0.3) is 11.8 Å². The third-order valence-corrected chi connectivity index (χ3v) is 8.44. The molecule has 48 heavy (non-hydrogen) atoms. The van der Waals surface area contributed by atoms with Crippen molar-refractivity contribution < 1.29 is 29.4 Å². The van der Waals surface area contributed by atoms with Crippen molar-refractivity contribution in [3.63, 3.8) is 0 Å². The number of hydrogen-bond acceptors (Lipinski definition) is 6. The Morgan fingerprint density at radius 3 is 1.21 bits per heavy atom. The average Bonchev–Trinajstić information content (AvgIpc) is 3.08. The van der Waals surface area contributed by atoms with Crippen molar-refractivity contribution in [1.29, 1.82) is 0 Å². The number of nitrogens with one attached hydrogen (secondary N) is 4. The van der Waals surface area contributed by atoms with E-state index in [9.17, 15) is 29.4 Å². The lowest BCUT2D eigenvalue weighted by Crippen LogP contribution is -2.41. The van der Waals surface area contributed by atoms with Gasteiger partial charge in [-0.05, 0) is 73.9 Å². The van der Waals surface area contributed by atoms with Crippen LogP contribution in [0.1, 0.15) is 161 Å². The van der Waals surface area contributed by atoms with E-state index in [0.717, 1.165) is 101 Å². The van der Waals surface area contributed by atoms with Crippen LogP contribution in [0.3, 0.4) is 0 Å². The Morgan fingerprint density at radius 2 is 0.833 bits per heavy atom. The molecule has 0 saturated carbocycles. The minimum absolute atomic E-state index is 0.113. The molecule has 2 aromatic rings. The number of aromatic hydroxyl groups is 2. The summed E-state index contributed by atoms with van der Waals surface area (Å²) >= 11 is 0. The molecule has 0 aliphatic rings. The highest BCUT2D eigenvalue weighted by Crippen LogP contribution is 2.21. The van der Waals surface area contributed by atoms with Crippen molar-refractivity contribution in [1.82, 2.24) is 21.7 Å². The van der Waals surface area contributed by atoms with E-state index < -0.39 is 11.8 Å². The molecule has 0 saturated heterocycles. The summed E-state index contributed by atoms with van der Waals surface area (Å²) in [6.45, 7) is 4.32. The van der Waals surface area contributed by atoms with E-state index in [1.54, 1.807) is 12.1 Å². The lowest BCUT2D eigenvalue weighted by Gasteiger charge is -2.10. The normalized spacial score (nSPS) is 10.8. The highest BCUT2D eigenvalue weighted by atomic mass is 16.3. The molecular formula is C38H58N4O6. The summed E-state index contributed by atoms with van der Waals surface area (Å²) in [6.07, 6.45) is 18.6. The average molecular weight is 667 g/mol. The van der Waals surface area contributed by atoms with Crippen molar-refractivity contribution in [2.24, 2.45) is 0 Å². The van der Waals surface area contributed by atoms with Gasteiger partial charge in [0, 0.05) is 12.8 Å². The lowest BCUT2D eigenvalue weighted by molar-refractivity contribution is -0.122. The minimum atomic E-state index is -0.534. The summed E-state index contributed by atoms with van der Waals surface area (Å²) < 4.78 is 0. The van der Waals surface area contributed by atoms with Crippen molar-refractivity contribution in [3.05, 3.63) is 58.7 Å². The molecule has 0 atom stereocenters. The van der Waals surface area contributed by atoms with E-state index in [4.69, 9.17) is 0 Å². The van der Waals surface area contributed by atoms with Crippen LogP contribution in [0.15, 0.2) is 36.4 Å². The number of hydrazine groups is 2. The molecule has 0 spiro atoms. The maximum absolute atomic E-state index is 12.5. The SMILES string of the molecule is CCCCCCc1ccc(O)c(C(=O)NNC(=O)CCCCCCCCCCC(=O)NNC(=O)c2cc(CCCCCC)ccc2O)c1. The standard InChI is InChI=1S/C38H58N4O6/c1-3-5-7-15-19-29-23-25-33(43)31(27-29)37(47)41-39-35(45)21-17-13-11-9-10-12-14-18-22-36(46)40-42-38(48)32-28-30(24-26-34(32)44)20-16-8-6-4-2/h23-28,43-44H,3-22H2,1-2H3,(H,39,45)(H,40,46)(H,41,47)(H,42,48). The third-order valence-electron chi connectivity index (χ3n) is 8.44. The second-order valence-electron chi connectivity index (χ2n) is 12.7. The highest BCUT2D eigenvalue weighted by molar-refractivity contribution is 5.98. The molecule has 2 aromatic carbocycles. The molecule has 0 bridgehead atoms. The fourth-order valence-electron chi connectivity index (χ4n) is 5.50. The van der Waals surface area contributed by atoms with E-state index >= 15 is 0 Å². The van der Waals surface area contributed by atoms with Crippen molar-refractivity contribution in [2.45, 2.75) is 142 Å². The van der Waals surface area contributed by atoms with Gasteiger partial charge in [-0.3, -0.25) is 40.9 Å². The summed E-state index contributed by atoms with van der Waals surface area (Å²) in [5, 5.41) is 20.2. The van der Waals surface area contributed by atoms with Crippen LogP contribution in [-0.2, 0) is 22.4 Å². The number of amides is 4. The van der Waals surface area contributed by atoms with Gasteiger partial charge in [-0.25, -0.2) is 0 Å². The Hall–Kier alpha value is -4.08. The predicted octanol–water partition coefficient (Wildman–Crippen LogP) is 7.47. The van der Waals surface area contributed by atoms with Crippen LogP contribution < -0.4 is 21.7 Å². The number of rotatable bonds is 23. The van der Waals surface area contributed by atoms with Crippen molar-refractivity contribution >= 4 is 23.6 Å². The van der Waals surface area contributed by atoms with Crippen LogP contribution in [0.5, 0.6) is 11.5 Å². The second-order valence-corrected chi connectivity index (χ2v) is 12.7. The van der Waals surface area contributed by atoms with Crippen molar-refractivity contribution in [2.75, 3.05) is 0 Å². The summed E-state index contributed by atoms with van der Waals surface area (Å²) in [4.78, 5) is 49.4. The zero-order chi connectivity index (χ0) is 35.0. The largest absolute Gasteiger partial charge is 0.507 e. The van der Waals surface area contributed by atoms with Crippen LogP contribution in [-0.4, -0.2) is 33.8 Å². The van der Waals surface area contributed by atoms with E-state index in [0.29, 0.717) is 25.7 Å². The topological polar surface area (TPSA) is 157 Å². The lowest BCUT2D eigenvalue weighted by atomic mass is 10.0. The molecule has 266 valence electrons. The number of unbranched alkanes of at least 4 members (excludes halogenated alkanes) is 13. The molecular weight excluding hydrogens is 608 g/mol. The summed E-state index contributed by atoms with van der Waals surface area (Å²) in [5.74, 6) is -1.83. The first-order valence-electron chi connectivity index (χ1n) is 18.1. The van der Waals surface area contributed by atoms with Crippen molar-refractivity contribution in [3.8, 4) is 11.5 Å².